The molecule has 2 aliphatic heterocycles. The number of carboxylic acid groups (broad SMARTS) is 1. The summed E-state index contributed by atoms with van der Waals surface area (Å²) in [5, 5.41) is 9.38. The predicted octanol–water partition coefficient (Wildman–Crippen LogP) is 4.96. The number of carboxylic acids is 1. The van der Waals surface area contributed by atoms with E-state index >= 15 is 0 Å². The summed E-state index contributed by atoms with van der Waals surface area (Å²) in [4.78, 5) is 47.6. The molecule has 5 rings (SSSR count). The van der Waals surface area contributed by atoms with Gasteiger partial charge in [0.2, 0.25) is 0 Å². The molecular formula is C35H44F2N5O9P. The number of benzene rings is 2. The molecule has 1 saturated heterocycles. The third-order valence-electron chi connectivity index (χ3n) is 9.29. The number of carbonyl (C=O) groups is 2. The summed E-state index contributed by atoms with van der Waals surface area (Å²) in [6, 6.07) is 5.64. The Hall–Kier alpha value is -4.56. The molecule has 1 amide bonds. The minimum atomic E-state index is -3.25. The zero-order chi connectivity index (χ0) is 37.6. The number of hydrogen-bond donors (Lipinski definition) is 1. The average Bonchev–Trinajstić information content (AvgIpc) is 3.45. The van der Waals surface area contributed by atoms with Gasteiger partial charge in [0.25, 0.3) is 11.5 Å². The molecule has 1 aromatic heterocycles. The maximum Gasteiger partial charge on any atom is 0.303 e. The summed E-state index contributed by atoms with van der Waals surface area (Å²) < 4.78 is 68.5. The van der Waals surface area contributed by atoms with Crippen LogP contribution < -0.4 is 24.5 Å². The van der Waals surface area contributed by atoms with E-state index < -0.39 is 37.2 Å². The Kier molecular flexibility index (Phi) is 12.5. The number of aromatic nitrogens is 2. The van der Waals surface area contributed by atoms with Crippen LogP contribution in [0.1, 0.15) is 43.0 Å². The van der Waals surface area contributed by atoms with E-state index in [0.29, 0.717) is 11.2 Å². The standard InChI is InChI=1S/C35H44F2N5O9P/c1-5-22(36)19-41-21-39-28-17-32(29(48-3)14-25(28)34(41)45)51-10-12-52(47,40(2)8-6-7-33(43)44)11-9-50-31-16-27-26(15-30(31)49-4)35(46)42-20-23(37)13-24(42)18-38-27/h14-18,21-24H,5-13,19-20H2,1-4H3,(H,43,44)/t22-,23-,24+,52?/m1/s1. The lowest BCUT2D eigenvalue weighted by Gasteiger charge is -2.29. The number of methoxy groups -OCH3 is 2. The molecule has 1 unspecified atom stereocenters. The molecule has 0 radical (unpaired) electrons. The minimum Gasteiger partial charge on any atom is -0.493 e. The van der Waals surface area contributed by atoms with Crippen molar-refractivity contribution in [2.24, 2.45) is 4.99 Å². The molecule has 4 atom stereocenters. The first kappa shape index (κ1) is 38.7. The van der Waals surface area contributed by atoms with Crippen molar-refractivity contribution in [2.45, 2.75) is 57.5 Å². The second-order valence-corrected chi connectivity index (χ2v) is 16.0. The number of aliphatic imine (C=N–C) groups is 1. The van der Waals surface area contributed by atoms with E-state index in [2.05, 4.69) is 9.98 Å². The van der Waals surface area contributed by atoms with Gasteiger partial charge >= 0.3 is 5.97 Å². The van der Waals surface area contributed by atoms with Gasteiger partial charge in [-0.25, -0.2) is 13.8 Å². The average molecular weight is 748 g/mol. The second kappa shape index (κ2) is 16.8. The Balaban J connectivity index is 1.31. The summed E-state index contributed by atoms with van der Waals surface area (Å²) in [6.45, 7) is 1.74. The van der Waals surface area contributed by atoms with E-state index in [1.54, 1.807) is 30.9 Å². The molecule has 0 aliphatic carbocycles. The van der Waals surface area contributed by atoms with Crippen molar-refractivity contribution in [3.63, 3.8) is 0 Å². The molecule has 1 fully saturated rings. The molecule has 14 nitrogen and oxygen atoms in total. The number of rotatable bonds is 18. The lowest BCUT2D eigenvalue weighted by atomic mass is 10.1. The maximum atomic E-state index is 14.5. The summed E-state index contributed by atoms with van der Waals surface area (Å²) in [6.07, 6.45) is 1.25. The summed E-state index contributed by atoms with van der Waals surface area (Å²) in [5.41, 5.74) is 0.503. The van der Waals surface area contributed by atoms with Gasteiger partial charge in [0, 0.05) is 50.1 Å². The van der Waals surface area contributed by atoms with Gasteiger partial charge in [-0.1, -0.05) is 6.92 Å². The molecular weight excluding hydrogens is 703 g/mol. The van der Waals surface area contributed by atoms with Crippen LogP contribution in [0, 0.1) is 0 Å². The largest absolute Gasteiger partial charge is 0.493 e. The topological polar surface area (TPSA) is 162 Å². The number of nitrogens with zero attached hydrogens (tertiary/aromatic N) is 5. The molecule has 2 aromatic carbocycles. The summed E-state index contributed by atoms with van der Waals surface area (Å²) in [7, 11) is 1.24. The van der Waals surface area contributed by atoms with Crippen LogP contribution in [0.15, 0.2) is 40.4 Å². The first-order chi connectivity index (χ1) is 24.9. The predicted molar refractivity (Wildman–Crippen MR) is 191 cm³/mol. The molecule has 0 spiro atoms. The van der Waals surface area contributed by atoms with Crippen LogP contribution in [0.5, 0.6) is 23.0 Å². The fraction of sp³-hybridized carbons (Fsp3) is 0.514. The first-order valence-electron chi connectivity index (χ1n) is 17.1. The zero-order valence-corrected chi connectivity index (χ0v) is 30.5. The van der Waals surface area contributed by atoms with Gasteiger partial charge in [0.15, 0.2) is 30.3 Å². The van der Waals surface area contributed by atoms with Crippen molar-refractivity contribution in [1.82, 2.24) is 19.1 Å². The highest BCUT2D eigenvalue weighted by Gasteiger charge is 2.38. The number of amides is 1. The van der Waals surface area contributed by atoms with Gasteiger partial charge in [-0.2, -0.15) is 0 Å². The number of alkyl halides is 2. The van der Waals surface area contributed by atoms with Gasteiger partial charge in [-0.05, 0) is 32.0 Å². The van der Waals surface area contributed by atoms with E-state index in [-0.39, 0.29) is 111 Å². The Morgan fingerprint density at radius 3 is 2.40 bits per heavy atom. The van der Waals surface area contributed by atoms with E-state index in [9.17, 15) is 27.7 Å². The fourth-order valence-electron chi connectivity index (χ4n) is 6.21. The molecule has 3 aromatic rings. The molecule has 52 heavy (non-hydrogen) atoms. The van der Waals surface area contributed by atoms with Gasteiger partial charge in [-0.15, -0.1) is 0 Å². The lowest BCUT2D eigenvalue weighted by molar-refractivity contribution is -0.137. The van der Waals surface area contributed by atoms with E-state index in [4.69, 9.17) is 24.1 Å². The van der Waals surface area contributed by atoms with Gasteiger partial charge < -0.3 is 33.5 Å². The lowest BCUT2D eigenvalue weighted by Crippen LogP contribution is -2.35. The quantitative estimate of drug-likeness (QED) is 0.175. The third-order valence-corrected chi connectivity index (χ3v) is 12.5. The van der Waals surface area contributed by atoms with Gasteiger partial charge in [0.05, 0.1) is 75.0 Å². The van der Waals surface area contributed by atoms with Crippen molar-refractivity contribution in [3.8, 4) is 23.0 Å². The maximum absolute atomic E-state index is 14.5. The Morgan fingerprint density at radius 2 is 1.75 bits per heavy atom. The number of ether oxygens (including phenoxy) is 4. The van der Waals surface area contributed by atoms with Crippen LogP contribution in [-0.2, 0) is 15.9 Å². The third kappa shape index (κ3) is 8.72. The SMILES string of the molecule is CC[C@@H](F)Cn1cnc2cc(OCCP(=O)(CCOc3cc4c(cc3OC)C(=O)N3C[C@H](F)C[C@H]3C=N4)N(C)CCCC(=O)O)c(OC)cc2c1=O. The molecule has 2 aliphatic rings. The number of carbonyl (C=O) groups excluding carboxylic acids is 1. The van der Waals surface area contributed by atoms with Crippen LogP contribution in [0.3, 0.4) is 0 Å². The molecule has 0 saturated carbocycles. The molecule has 3 heterocycles. The molecule has 17 heteroatoms. The molecule has 1 N–H and O–H groups in total. The van der Waals surface area contributed by atoms with Crippen LogP contribution in [0.2, 0.25) is 0 Å². The van der Waals surface area contributed by atoms with Crippen LogP contribution >= 0.6 is 7.29 Å². The normalized spacial score (nSPS) is 18.4. The van der Waals surface area contributed by atoms with Gasteiger partial charge in [-0.3, -0.25) is 28.6 Å². The second-order valence-electron chi connectivity index (χ2n) is 12.8. The van der Waals surface area contributed by atoms with Crippen molar-refractivity contribution < 1.29 is 47.0 Å². The van der Waals surface area contributed by atoms with Crippen molar-refractivity contribution in [1.29, 1.82) is 0 Å². The summed E-state index contributed by atoms with van der Waals surface area (Å²) >= 11 is 0. The van der Waals surface area contributed by atoms with Crippen LogP contribution in [-0.4, -0.2) is 121 Å². The van der Waals surface area contributed by atoms with E-state index in [1.807, 2.05) is 0 Å². The van der Waals surface area contributed by atoms with E-state index in [1.165, 1.54) is 48.2 Å². The number of aliphatic carboxylic acids is 1. The monoisotopic (exact) mass is 747 g/mol. The summed E-state index contributed by atoms with van der Waals surface area (Å²) in [5.74, 6) is -0.283. The Morgan fingerprint density at radius 1 is 1.08 bits per heavy atom. The van der Waals surface area contributed by atoms with E-state index in [0.717, 1.165) is 0 Å². The highest BCUT2D eigenvalue weighted by Crippen LogP contribution is 2.49. The molecule has 0 bridgehead atoms. The Labute approximate surface area is 299 Å². The molecule has 282 valence electrons. The Bertz CT molecular complexity index is 1930. The highest BCUT2D eigenvalue weighted by molar-refractivity contribution is 7.61. The smallest absolute Gasteiger partial charge is 0.303 e. The fourth-order valence-corrected chi connectivity index (χ4v) is 8.38. The van der Waals surface area contributed by atoms with Crippen molar-refractivity contribution >= 4 is 42.0 Å². The van der Waals surface area contributed by atoms with Crippen molar-refractivity contribution in [2.75, 3.05) is 59.9 Å². The van der Waals surface area contributed by atoms with Gasteiger partial charge in [0.1, 0.15) is 12.3 Å². The highest BCUT2D eigenvalue weighted by atomic mass is 31.2. The minimum absolute atomic E-state index is 0.0127. The number of fused-ring (bicyclic) bond motifs is 3. The zero-order valence-electron chi connectivity index (χ0n) is 29.6. The number of hydrogen-bond acceptors (Lipinski definition) is 10. The first-order valence-corrected chi connectivity index (χ1v) is 19.1. The number of halogens is 2. The van der Waals surface area contributed by atoms with Crippen LogP contribution in [0.25, 0.3) is 10.9 Å². The van der Waals surface area contributed by atoms with Crippen LogP contribution in [0.4, 0.5) is 14.5 Å². The van der Waals surface area contributed by atoms with Crippen molar-refractivity contribution in [3.05, 3.63) is 46.5 Å².